The van der Waals surface area contributed by atoms with Gasteiger partial charge in [0.2, 0.25) is 5.91 Å². The minimum absolute atomic E-state index is 0.0187. The highest BCUT2D eigenvalue weighted by atomic mass is 16.2. The van der Waals surface area contributed by atoms with Gasteiger partial charge in [-0.1, -0.05) is 24.3 Å². The van der Waals surface area contributed by atoms with Crippen LogP contribution in [0, 0.1) is 5.92 Å². The van der Waals surface area contributed by atoms with Crippen molar-refractivity contribution in [1.29, 1.82) is 0 Å². The number of para-hydroxylation sites is 1. The second-order valence-electron chi connectivity index (χ2n) is 6.90. The summed E-state index contributed by atoms with van der Waals surface area (Å²) < 4.78 is 0. The molecule has 0 saturated carbocycles. The largest absolute Gasteiger partial charge is 0.351 e. The summed E-state index contributed by atoms with van der Waals surface area (Å²) in [6.07, 6.45) is 3.33. The lowest BCUT2D eigenvalue weighted by atomic mass is 9.97. The minimum atomic E-state index is -0.184. The van der Waals surface area contributed by atoms with E-state index >= 15 is 0 Å². The van der Waals surface area contributed by atoms with Crippen LogP contribution in [-0.2, 0) is 11.3 Å². The van der Waals surface area contributed by atoms with E-state index in [9.17, 15) is 9.59 Å². The lowest BCUT2D eigenvalue weighted by Crippen LogP contribution is -2.45. The number of aromatic nitrogens is 2. The first kappa shape index (κ1) is 17.3. The van der Waals surface area contributed by atoms with Crippen LogP contribution in [0.1, 0.15) is 29.0 Å². The first-order valence-corrected chi connectivity index (χ1v) is 9.25. The number of amides is 2. The van der Waals surface area contributed by atoms with Crippen LogP contribution in [0.15, 0.2) is 54.7 Å². The zero-order valence-corrected chi connectivity index (χ0v) is 15.0. The SMILES string of the molecule is O=C(NCc1ccccn1)C1CCCN(C(=O)c2cc3ccccc3[nH]2)C1. The molecule has 1 aliphatic heterocycles. The minimum Gasteiger partial charge on any atom is -0.351 e. The Labute approximate surface area is 157 Å². The van der Waals surface area contributed by atoms with Crippen LogP contribution >= 0.6 is 0 Å². The Morgan fingerprint density at radius 3 is 2.85 bits per heavy atom. The third kappa shape index (κ3) is 3.84. The van der Waals surface area contributed by atoms with E-state index in [0.29, 0.717) is 25.3 Å². The summed E-state index contributed by atoms with van der Waals surface area (Å²) in [4.78, 5) is 34.6. The number of nitrogens with one attached hydrogen (secondary N) is 2. The normalized spacial score (nSPS) is 17.0. The molecule has 1 aromatic carbocycles. The van der Waals surface area contributed by atoms with Gasteiger partial charge in [-0.15, -0.1) is 0 Å². The fourth-order valence-corrected chi connectivity index (χ4v) is 3.56. The molecule has 6 heteroatoms. The number of rotatable bonds is 4. The van der Waals surface area contributed by atoms with Gasteiger partial charge in [-0.25, -0.2) is 0 Å². The van der Waals surface area contributed by atoms with Crippen molar-refractivity contribution in [2.24, 2.45) is 5.92 Å². The molecule has 2 aromatic heterocycles. The molecule has 0 radical (unpaired) electrons. The predicted octanol–water partition coefficient (Wildman–Crippen LogP) is 2.73. The number of carbonyl (C=O) groups excluding carboxylic acids is 2. The third-order valence-corrected chi connectivity index (χ3v) is 5.01. The van der Waals surface area contributed by atoms with Gasteiger partial charge < -0.3 is 15.2 Å². The summed E-state index contributed by atoms with van der Waals surface area (Å²) in [5.41, 5.74) is 2.35. The number of hydrogen-bond acceptors (Lipinski definition) is 3. The van der Waals surface area contributed by atoms with Crippen molar-refractivity contribution in [3.63, 3.8) is 0 Å². The van der Waals surface area contributed by atoms with Crippen molar-refractivity contribution < 1.29 is 9.59 Å². The zero-order valence-electron chi connectivity index (χ0n) is 15.0. The molecule has 1 unspecified atom stereocenters. The Bertz CT molecular complexity index is 918. The number of carbonyl (C=O) groups is 2. The van der Waals surface area contributed by atoms with Crippen LogP contribution in [0.2, 0.25) is 0 Å². The second kappa shape index (κ2) is 7.61. The van der Waals surface area contributed by atoms with Gasteiger partial charge in [0.25, 0.3) is 5.91 Å². The van der Waals surface area contributed by atoms with Crippen LogP contribution in [0.25, 0.3) is 10.9 Å². The summed E-state index contributed by atoms with van der Waals surface area (Å²) in [7, 11) is 0. The molecule has 0 aliphatic carbocycles. The molecule has 4 rings (SSSR count). The van der Waals surface area contributed by atoms with Gasteiger partial charge in [0.05, 0.1) is 18.2 Å². The molecule has 2 N–H and O–H groups in total. The van der Waals surface area contributed by atoms with Crippen LogP contribution in [0.4, 0.5) is 0 Å². The van der Waals surface area contributed by atoms with Gasteiger partial charge >= 0.3 is 0 Å². The molecule has 3 heterocycles. The van der Waals surface area contributed by atoms with Gasteiger partial charge in [-0.05, 0) is 37.1 Å². The van der Waals surface area contributed by atoms with Gasteiger partial charge in [0, 0.05) is 30.2 Å². The fourth-order valence-electron chi connectivity index (χ4n) is 3.56. The molecule has 2 amide bonds. The van der Waals surface area contributed by atoms with E-state index < -0.39 is 0 Å². The number of hydrogen-bond donors (Lipinski definition) is 2. The highest BCUT2D eigenvalue weighted by molar-refractivity contribution is 5.98. The Kier molecular flexibility index (Phi) is 4.87. The average molecular weight is 362 g/mol. The molecular weight excluding hydrogens is 340 g/mol. The molecule has 3 aromatic rings. The highest BCUT2D eigenvalue weighted by Gasteiger charge is 2.29. The Morgan fingerprint density at radius 2 is 2.04 bits per heavy atom. The molecule has 138 valence electrons. The molecule has 1 atom stereocenters. The van der Waals surface area contributed by atoms with Crippen LogP contribution in [0.3, 0.4) is 0 Å². The number of piperidine rings is 1. The average Bonchev–Trinajstić information content (AvgIpc) is 3.16. The second-order valence-corrected chi connectivity index (χ2v) is 6.90. The number of fused-ring (bicyclic) bond motifs is 1. The number of H-pyrrole nitrogens is 1. The maximum absolute atomic E-state index is 12.9. The van der Waals surface area contributed by atoms with Crippen molar-refractivity contribution in [2.45, 2.75) is 19.4 Å². The standard InChI is InChI=1S/C21H22N4O2/c26-20(23-13-17-8-3-4-10-22-17)16-7-5-11-25(14-16)21(27)19-12-15-6-1-2-9-18(15)24-19/h1-4,6,8-10,12,16,24H,5,7,11,13-14H2,(H,23,26). The van der Waals surface area contributed by atoms with Gasteiger partial charge in [-0.3, -0.25) is 14.6 Å². The number of benzene rings is 1. The van der Waals surface area contributed by atoms with E-state index in [4.69, 9.17) is 0 Å². The number of likely N-dealkylation sites (tertiary alicyclic amines) is 1. The quantitative estimate of drug-likeness (QED) is 0.749. The Hall–Kier alpha value is -3.15. The molecule has 1 saturated heterocycles. The maximum Gasteiger partial charge on any atom is 0.270 e. The van der Waals surface area contributed by atoms with E-state index in [1.165, 1.54) is 0 Å². The van der Waals surface area contributed by atoms with E-state index in [1.807, 2.05) is 48.5 Å². The maximum atomic E-state index is 12.9. The van der Waals surface area contributed by atoms with E-state index in [-0.39, 0.29) is 17.7 Å². The van der Waals surface area contributed by atoms with E-state index in [0.717, 1.165) is 29.4 Å². The van der Waals surface area contributed by atoms with Crippen molar-refractivity contribution in [1.82, 2.24) is 20.2 Å². The van der Waals surface area contributed by atoms with Crippen LogP contribution in [-0.4, -0.2) is 39.8 Å². The predicted molar refractivity (Wildman–Crippen MR) is 103 cm³/mol. The summed E-state index contributed by atoms with van der Waals surface area (Å²) >= 11 is 0. The molecule has 0 bridgehead atoms. The first-order chi connectivity index (χ1) is 13.2. The smallest absolute Gasteiger partial charge is 0.270 e. The number of nitrogens with zero attached hydrogens (tertiary/aromatic N) is 2. The van der Waals surface area contributed by atoms with Crippen molar-refractivity contribution in [2.75, 3.05) is 13.1 Å². The number of pyridine rings is 1. The van der Waals surface area contributed by atoms with E-state index in [1.54, 1.807) is 11.1 Å². The Balaban J connectivity index is 1.39. The monoisotopic (exact) mass is 362 g/mol. The first-order valence-electron chi connectivity index (χ1n) is 9.25. The topological polar surface area (TPSA) is 78.1 Å². The molecule has 27 heavy (non-hydrogen) atoms. The van der Waals surface area contributed by atoms with Crippen molar-refractivity contribution in [3.05, 3.63) is 66.1 Å². The van der Waals surface area contributed by atoms with Crippen molar-refractivity contribution >= 4 is 22.7 Å². The van der Waals surface area contributed by atoms with Gasteiger partial charge in [-0.2, -0.15) is 0 Å². The molecular formula is C21H22N4O2. The Morgan fingerprint density at radius 1 is 1.19 bits per heavy atom. The lowest BCUT2D eigenvalue weighted by molar-refractivity contribution is -0.126. The molecule has 6 nitrogen and oxygen atoms in total. The summed E-state index contributed by atoms with van der Waals surface area (Å²) in [5.74, 6) is -0.251. The van der Waals surface area contributed by atoms with E-state index in [2.05, 4.69) is 15.3 Å². The molecule has 0 spiro atoms. The summed E-state index contributed by atoms with van der Waals surface area (Å²) in [6, 6.07) is 15.3. The highest BCUT2D eigenvalue weighted by Crippen LogP contribution is 2.21. The fraction of sp³-hybridized carbons (Fsp3) is 0.286. The number of aromatic amines is 1. The third-order valence-electron chi connectivity index (χ3n) is 5.01. The van der Waals surface area contributed by atoms with Gasteiger partial charge in [0.1, 0.15) is 5.69 Å². The summed E-state index contributed by atoms with van der Waals surface area (Å²) in [6.45, 7) is 1.53. The van der Waals surface area contributed by atoms with Crippen LogP contribution in [0.5, 0.6) is 0 Å². The molecule has 1 fully saturated rings. The molecule has 1 aliphatic rings. The summed E-state index contributed by atoms with van der Waals surface area (Å²) in [5, 5.41) is 3.96. The van der Waals surface area contributed by atoms with Crippen molar-refractivity contribution in [3.8, 4) is 0 Å². The lowest BCUT2D eigenvalue weighted by Gasteiger charge is -2.31. The van der Waals surface area contributed by atoms with Gasteiger partial charge in [0.15, 0.2) is 0 Å². The van der Waals surface area contributed by atoms with Crippen LogP contribution < -0.4 is 5.32 Å². The zero-order chi connectivity index (χ0) is 18.6.